The first-order chi connectivity index (χ1) is 15.6. The third kappa shape index (κ3) is 4.49. The lowest BCUT2D eigenvalue weighted by molar-refractivity contribution is -0.134. The zero-order valence-corrected chi connectivity index (χ0v) is 17.9. The summed E-state index contributed by atoms with van der Waals surface area (Å²) in [5.74, 6) is 1.98. The van der Waals surface area contributed by atoms with Crippen molar-refractivity contribution in [3.63, 3.8) is 0 Å². The second kappa shape index (κ2) is 9.40. The number of para-hydroxylation sites is 1. The summed E-state index contributed by atoms with van der Waals surface area (Å²) in [4.78, 5) is 21.8. The number of pyridine rings is 1. The molecule has 32 heavy (non-hydrogen) atoms. The highest BCUT2D eigenvalue weighted by Gasteiger charge is 2.26. The molecule has 1 fully saturated rings. The standard InChI is InChI=1S/C25H23N3O4/c1-16-13-19(10-11-21(16)31-23-12-9-17(14-26)15-27-23)20-7-4-8-22(24(20)30-2)32-28-25(29)18-5-3-6-18/h4,7-13,15,18H,3,5-6H2,1-2H3,(H,28,29). The van der Waals surface area contributed by atoms with E-state index in [0.29, 0.717) is 28.7 Å². The van der Waals surface area contributed by atoms with Gasteiger partial charge in [0.1, 0.15) is 11.8 Å². The summed E-state index contributed by atoms with van der Waals surface area (Å²) in [6.07, 6.45) is 4.35. The number of amides is 1. The van der Waals surface area contributed by atoms with Crippen molar-refractivity contribution >= 4 is 5.91 Å². The van der Waals surface area contributed by atoms with E-state index in [1.165, 1.54) is 6.20 Å². The molecule has 1 saturated carbocycles. The van der Waals surface area contributed by atoms with Crippen LogP contribution in [0.4, 0.5) is 0 Å². The molecule has 7 nitrogen and oxygen atoms in total. The molecular weight excluding hydrogens is 406 g/mol. The van der Waals surface area contributed by atoms with Gasteiger partial charge >= 0.3 is 0 Å². The Morgan fingerprint density at radius 2 is 2.00 bits per heavy atom. The van der Waals surface area contributed by atoms with E-state index < -0.39 is 0 Å². The van der Waals surface area contributed by atoms with Crippen molar-refractivity contribution in [1.82, 2.24) is 10.5 Å². The van der Waals surface area contributed by atoms with Crippen LogP contribution in [0.3, 0.4) is 0 Å². The van der Waals surface area contributed by atoms with Crippen molar-refractivity contribution in [2.45, 2.75) is 26.2 Å². The second-order valence-corrected chi connectivity index (χ2v) is 7.61. The smallest absolute Gasteiger partial charge is 0.255 e. The van der Waals surface area contributed by atoms with Crippen LogP contribution in [0.2, 0.25) is 0 Å². The lowest BCUT2D eigenvalue weighted by Crippen LogP contribution is -2.36. The molecule has 162 valence electrons. The van der Waals surface area contributed by atoms with E-state index in [4.69, 9.17) is 19.6 Å². The van der Waals surface area contributed by atoms with Crippen LogP contribution in [0.15, 0.2) is 54.7 Å². The number of hydrogen-bond donors (Lipinski definition) is 1. The molecule has 3 aromatic rings. The van der Waals surface area contributed by atoms with E-state index >= 15 is 0 Å². The molecule has 2 aromatic carbocycles. The van der Waals surface area contributed by atoms with Gasteiger partial charge in [-0.15, -0.1) is 0 Å². The number of methoxy groups -OCH3 is 1. The summed E-state index contributed by atoms with van der Waals surface area (Å²) in [6, 6.07) is 16.6. The minimum Gasteiger partial charge on any atom is -0.492 e. The number of nitrogens with one attached hydrogen (secondary N) is 1. The highest BCUT2D eigenvalue weighted by Crippen LogP contribution is 2.39. The largest absolute Gasteiger partial charge is 0.492 e. The monoisotopic (exact) mass is 429 g/mol. The van der Waals surface area contributed by atoms with E-state index in [1.54, 1.807) is 25.3 Å². The van der Waals surface area contributed by atoms with Crippen molar-refractivity contribution in [2.75, 3.05) is 7.11 Å². The summed E-state index contributed by atoms with van der Waals surface area (Å²) in [5, 5.41) is 8.89. The van der Waals surface area contributed by atoms with Crippen molar-refractivity contribution < 1.29 is 19.1 Å². The maximum Gasteiger partial charge on any atom is 0.255 e. The highest BCUT2D eigenvalue weighted by atomic mass is 16.7. The normalized spacial score (nSPS) is 12.9. The summed E-state index contributed by atoms with van der Waals surface area (Å²) < 4.78 is 11.5. The van der Waals surface area contributed by atoms with Crippen LogP contribution in [0, 0.1) is 24.2 Å². The molecule has 0 bridgehead atoms. The Morgan fingerprint density at radius 1 is 1.16 bits per heavy atom. The molecule has 7 heteroatoms. The van der Waals surface area contributed by atoms with Gasteiger partial charge in [0, 0.05) is 23.7 Å². The van der Waals surface area contributed by atoms with Gasteiger partial charge in [0.15, 0.2) is 11.5 Å². The molecule has 0 saturated heterocycles. The number of aryl methyl sites for hydroxylation is 1. The fourth-order valence-corrected chi connectivity index (χ4v) is 3.44. The van der Waals surface area contributed by atoms with Gasteiger partial charge in [-0.2, -0.15) is 10.7 Å². The van der Waals surface area contributed by atoms with Crippen LogP contribution in [0.25, 0.3) is 11.1 Å². The first-order valence-corrected chi connectivity index (χ1v) is 10.4. The number of benzene rings is 2. The highest BCUT2D eigenvalue weighted by molar-refractivity contribution is 5.79. The third-order valence-corrected chi connectivity index (χ3v) is 5.49. The summed E-state index contributed by atoms with van der Waals surface area (Å²) in [7, 11) is 1.57. The van der Waals surface area contributed by atoms with Crippen molar-refractivity contribution in [3.8, 4) is 40.3 Å². The predicted molar refractivity (Wildman–Crippen MR) is 118 cm³/mol. The van der Waals surface area contributed by atoms with Gasteiger partial charge < -0.3 is 14.3 Å². The van der Waals surface area contributed by atoms with Gasteiger partial charge in [-0.05, 0) is 55.2 Å². The fraction of sp³-hybridized carbons (Fsp3) is 0.240. The third-order valence-electron chi connectivity index (χ3n) is 5.49. The summed E-state index contributed by atoms with van der Waals surface area (Å²) >= 11 is 0. The first-order valence-electron chi connectivity index (χ1n) is 10.4. The van der Waals surface area contributed by atoms with Crippen LogP contribution >= 0.6 is 0 Å². The van der Waals surface area contributed by atoms with Crippen LogP contribution in [-0.2, 0) is 4.79 Å². The molecule has 1 aromatic heterocycles. The molecule has 1 amide bonds. The number of nitrogens with zero attached hydrogens (tertiary/aromatic N) is 2. The lowest BCUT2D eigenvalue weighted by atomic mass is 9.85. The number of hydroxylamine groups is 1. The van der Waals surface area contributed by atoms with Crippen molar-refractivity contribution in [3.05, 3.63) is 65.9 Å². The van der Waals surface area contributed by atoms with Crippen molar-refractivity contribution in [1.29, 1.82) is 5.26 Å². The zero-order chi connectivity index (χ0) is 22.5. The number of carbonyl (C=O) groups excluding carboxylic acids is 1. The quantitative estimate of drug-likeness (QED) is 0.535. The molecule has 4 rings (SSSR count). The Balaban J connectivity index is 1.54. The Labute approximate surface area is 186 Å². The molecule has 1 N–H and O–H groups in total. The van der Waals surface area contributed by atoms with E-state index in [0.717, 1.165) is 36.0 Å². The average molecular weight is 429 g/mol. The van der Waals surface area contributed by atoms with Crippen LogP contribution in [-0.4, -0.2) is 18.0 Å². The summed E-state index contributed by atoms with van der Waals surface area (Å²) in [5.41, 5.74) is 5.66. The molecule has 0 unspecified atom stereocenters. The maximum atomic E-state index is 12.1. The molecule has 0 radical (unpaired) electrons. The van der Waals surface area contributed by atoms with Crippen molar-refractivity contribution in [2.24, 2.45) is 5.92 Å². The molecular formula is C25H23N3O4. The number of ether oxygens (including phenoxy) is 2. The van der Waals surface area contributed by atoms with Gasteiger partial charge in [-0.1, -0.05) is 24.6 Å². The van der Waals surface area contributed by atoms with Gasteiger partial charge in [0.25, 0.3) is 5.91 Å². The Kier molecular flexibility index (Phi) is 6.22. The molecule has 0 atom stereocenters. The Hall–Kier alpha value is -4.05. The van der Waals surface area contributed by atoms with Gasteiger partial charge in [0.05, 0.1) is 12.7 Å². The van der Waals surface area contributed by atoms with E-state index in [-0.39, 0.29) is 11.8 Å². The predicted octanol–water partition coefficient (Wildman–Crippen LogP) is 4.94. The number of rotatable bonds is 7. The number of carbonyl (C=O) groups is 1. The first kappa shape index (κ1) is 21.2. The topological polar surface area (TPSA) is 93.5 Å². The second-order valence-electron chi connectivity index (χ2n) is 7.61. The lowest BCUT2D eigenvalue weighted by Gasteiger charge is -2.24. The molecule has 0 aliphatic heterocycles. The van der Waals surface area contributed by atoms with E-state index in [1.807, 2.05) is 43.3 Å². The molecule has 0 spiro atoms. The average Bonchev–Trinajstić information content (AvgIpc) is 2.78. The number of nitriles is 1. The maximum absolute atomic E-state index is 12.1. The van der Waals surface area contributed by atoms with Gasteiger partial charge in [-0.3, -0.25) is 4.79 Å². The minimum atomic E-state index is -0.0996. The van der Waals surface area contributed by atoms with Crippen LogP contribution in [0.1, 0.15) is 30.4 Å². The zero-order valence-electron chi connectivity index (χ0n) is 17.9. The number of hydrogen-bond acceptors (Lipinski definition) is 6. The minimum absolute atomic E-state index is 0.0324. The molecule has 1 aliphatic rings. The van der Waals surface area contributed by atoms with Crippen LogP contribution in [0.5, 0.6) is 23.1 Å². The Morgan fingerprint density at radius 3 is 2.62 bits per heavy atom. The molecule has 1 aliphatic carbocycles. The Bertz CT molecular complexity index is 1160. The SMILES string of the molecule is COc1c(ONC(=O)C2CCC2)cccc1-c1ccc(Oc2ccc(C#N)cn2)c(C)c1. The van der Waals surface area contributed by atoms with Gasteiger partial charge in [-0.25, -0.2) is 4.98 Å². The number of aromatic nitrogens is 1. The summed E-state index contributed by atoms with van der Waals surface area (Å²) in [6.45, 7) is 1.94. The van der Waals surface area contributed by atoms with E-state index in [2.05, 4.69) is 10.5 Å². The fourth-order valence-electron chi connectivity index (χ4n) is 3.44. The van der Waals surface area contributed by atoms with Crippen LogP contribution < -0.4 is 19.8 Å². The van der Waals surface area contributed by atoms with Gasteiger partial charge in [0.2, 0.25) is 5.88 Å². The molecule has 1 heterocycles. The van der Waals surface area contributed by atoms with E-state index in [9.17, 15) is 4.79 Å².